The van der Waals surface area contributed by atoms with E-state index in [4.69, 9.17) is 4.98 Å². The maximum atomic E-state index is 11.7. The fourth-order valence-electron chi connectivity index (χ4n) is 3.04. The molecule has 0 fully saturated rings. The van der Waals surface area contributed by atoms with Gasteiger partial charge in [-0.1, -0.05) is 0 Å². The molecule has 9 nitrogen and oxygen atoms in total. The lowest BCUT2D eigenvalue weighted by Crippen LogP contribution is -2.11. The maximum absolute atomic E-state index is 11.7. The molecule has 0 atom stereocenters. The van der Waals surface area contributed by atoms with E-state index in [-0.39, 0.29) is 0 Å². The van der Waals surface area contributed by atoms with Crippen molar-refractivity contribution in [2.24, 2.45) is 19.2 Å². The predicted molar refractivity (Wildman–Crippen MR) is 108 cm³/mol. The number of H-pyrrole nitrogens is 1. The van der Waals surface area contributed by atoms with Gasteiger partial charge in [-0.15, -0.1) is 11.3 Å². The Kier molecular flexibility index (Phi) is 4.78. The van der Waals surface area contributed by atoms with E-state index >= 15 is 0 Å². The quantitative estimate of drug-likeness (QED) is 0.293. The number of nitrogens with one attached hydrogen (secondary N) is 1. The second-order valence-electron chi connectivity index (χ2n) is 6.54. The van der Waals surface area contributed by atoms with E-state index in [2.05, 4.69) is 20.4 Å². The van der Waals surface area contributed by atoms with Crippen molar-refractivity contribution in [2.75, 3.05) is 7.05 Å². The number of fused-ring (bicyclic) bond motifs is 1. The lowest BCUT2D eigenvalue weighted by molar-refractivity contribution is 0.111. The summed E-state index contributed by atoms with van der Waals surface area (Å²) in [6.45, 7) is 0.594. The third-order valence-corrected chi connectivity index (χ3v) is 5.49. The molecule has 1 N–H and O–H groups in total. The van der Waals surface area contributed by atoms with E-state index in [1.807, 2.05) is 44.0 Å². The van der Waals surface area contributed by atoms with Gasteiger partial charge in [-0.05, 0) is 12.1 Å². The normalized spacial score (nSPS) is 11.7. The Morgan fingerprint density at radius 3 is 2.89 bits per heavy atom. The monoisotopic (exact) mass is 396 g/mol. The molecule has 4 aromatic heterocycles. The van der Waals surface area contributed by atoms with Crippen LogP contribution < -0.4 is 0 Å². The number of carbonyl (C=O) groups excluding carboxylic acids is 1. The van der Waals surface area contributed by atoms with Gasteiger partial charge in [0.25, 0.3) is 0 Å². The zero-order valence-corrected chi connectivity index (χ0v) is 16.6. The predicted octanol–water partition coefficient (Wildman–Crippen LogP) is 1.96. The third-order valence-electron chi connectivity index (χ3n) is 4.41. The van der Waals surface area contributed by atoms with E-state index in [0.29, 0.717) is 18.7 Å². The van der Waals surface area contributed by atoms with Crippen LogP contribution in [0.1, 0.15) is 32.4 Å². The van der Waals surface area contributed by atoms with Crippen LogP contribution in [0.5, 0.6) is 0 Å². The largest absolute Gasteiger partial charge is 0.325 e. The van der Waals surface area contributed by atoms with Crippen LogP contribution in [0.3, 0.4) is 0 Å². The molecule has 0 unspecified atom stereocenters. The Bertz CT molecular complexity index is 1130. The number of nitrogens with zero attached hydrogens (tertiary/aromatic N) is 7. The minimum Gasteiger partial charge on any atom is -0.325 e. The summed E-state index contributed by atoms with van der Waals surface area (Å²) < 4.78 is 4.55. The van der Waals surface area contributed by atoms with Crippen LogP contribution in [0.4, 0.5) is 0 Å². The molecule has 28 heavy (non-hydrogen) atoms. The van der Waals surface area contributed by atoms with Gasteiger partial charge in [0, 0.05) is 45.5 Å². The highest BCUT2D eigenvalue weighted by Gasteiger charge is 2.19. The van der Waals surface area contributed by atoms with E-state index in [1.165, 1.54) is 0 Å². The van der Waals surface area contributed by atoms with Gasteiger partial charge in [0.2, 0.25) is 0 Å². The molecule has 4 aromatic rings. The summed E-state index contributed by atoms with van der Waals surface area (Å²) in [4.78, 5) is 16.4. The van der Waals surface area contributed by atoms with Gasteiger partial charge in [0.05, 0.1) is 34.5 Å². The summed E-state index contributed by atoms with van der Waals surface area (Å²) >= 11 is 1.57. The van der Waals surface area contributed by atoms with Crippen molar-refractivity contribution in [3.8, 4) is 0 Å². The lowest BCUT2D eigenvalue weighted by Gasteiger charge is -2.10. The number of hydrazone groups is 1. The highest BCUT2D eigenvalue weighted by molar-refractivity contribution is 7.19. The molecule has 0 saturated heterocycles. The van der Waals surface area contributed by atoms with Crippen LogP contribution in [-0.4, -0.2) is 54.1 Å². The van der Waals surface area contributed by atoms with Gasteiger partial charge in [-0.2, -0.15) is 15.3 Å². The molecule has 0 radical (unpaired) electrons. The van der Waals surface area contributed by atoms with Crippen molar-refractivity contribution in [3.05, 3.63) is 52.2 Å². The zero-order valence-electron chi connectivity index (χ0n) is 15.8. The van der Waals surface area contributed by atoms with Crippen LogP contribution >= 0.6 is 11.3 Å². The number of aromatic amines is 1. The van der Waals surface area contributed by atoms with Crippen LogP contribution in [0.15, 0.2) is 29.6 Å². The summed E-state index contributed by atoms with van der Waals surface area (Å²) in [7, 11) is 5.62. The number of carbonyl (C=O) groups is 1. The van der Waals surface area contributed by atoms with Crippen molar-refractivity contribution in [1.82, 2.24) is 34.5 Å². The Labute approximate surface area is 165 Å². The Balaban J connectivity index is 1.63. The molecule has 10 heteroatoms. The summed E-state index contributed by atoms with van der Waals surface area (Å²) in [5.74, 6) is 0. The molecular weight excluding hydrogens is 376 g/mol. The lowest BCUT2D eigenvalue weighted by atomic mass is 10.3. The first-order valence-electron chi connectivity index (χ1n) is 8.70. The molecule has 0 saturated carbocycles. The van der Waals surface area contributed by atoms with Gasteiger partial charge in [0.1, 0.15) is 5.01 Å². The summed E-state index contributed by atoms with van der Waals surface area (Å²) in [6, 6.07) is 3.88. The van der Waals surface area contributed by atoms with Crippen molar-refractivity contribution in [1.29, 1.82) is 0 Å². The van der Waals surface area contributed by atoms with Crippen molar-refractivity contribution in [2.45, 2.75) is 13.0 Å². The second kappa shape index (κ2) is 7.39. The maximum Gasteiger partial charge on any atom is 0.167 e. The molecule has 0 amide bonds. The van der Waals surface area contributed by atoms with E-state index < -0.39 is 0 Å². The summed E-state index contributed by atoms with van der Waals surface area (Å²) in [5.41, 5.74) is 4.07. The molecule has 144 valence electrons. The molecule has 4 rings (SSSR count). The average Bonchev–Trinajstić information content (AvgIpc) is 3.42. The van der Waals surface area contributed by atoms with Gasteiger partial charge in [-0.3, -0.25) is 19.6 Å². The topological polar surface area (TPSA) is 97.0 Å². The molecule has 0 aliphatic heterocycles. The van der Waals surface area contributed by atoms with Gasteiger partial charge >= 0.3 is 0 Å². The number of thiazole rings is 1. The third kappa shape index (κ3) is 3.46. The molecular formula is C18H20N8OS. The zero-order chi connectivity index (χ0) is 19.7. The van der Waals surface area contributed by atoms with Gasteiger partial charge in [0.15, 0.2) is 11.9 Å². The fraction of sp³-hybridized carbons (Fsp3) is 0.278. The minimum atomic E-state index is 0.567. The van der Waals surface area contributed by atoms with Crippen LogP contribution in [0, 0.1) is 0 Å². The van der Waals surface area contributed by atoms with Crippen LogP contribution in [-0.2, 0) is 27.1 Å². The fourth-order valence-corrected chi connectivity index (χ4v) is 4.17. The Morgan fingerprint density at radius 1 is 1.36 bits per heavy atom. The van der Waals surface area contributed by atoms with Crippen molar-refractivity contribution >= 4 is 34.2 Å². The van der Waals surface area contributed by atoms with Crippen LogP contribution in [0.2, 0.25) is 0 Å². The second-order valence-corrected chi connectivity index (χ2v) is 7.62. The first-order valence-corrected chi connectivity index (χ1v) is 9.52. The number of hydrogen-bond acceptors (Lipinski definition) is 7. The Hall–Kier alpha value is -3.27. The first-order chi connectivity index (χ1) is 13.5. The number of hydrogen-bond donors (Lipinski definition) is 1. The summed E-state index contributed by atoms with van der Waals surface area (Å²) in [5, 5.41) is 18.5. The molecule has 0 bridgehead atoms. The Morgan fingerprint density at radius 2 is 2.21 bits per heavy atom. The minimum absolute atomic E-state index is 0.567. The standard InChI is InChI=1S/C18H20N8OS/c1-24-7-5-12(23-24)8-16-21-18-17(28-16)14(15(11-27)26(18)3)9-20-25(2)10-13-4-6-19-22-13/h4-7,9,11H,8,10H2,1-3H3,(H,19,22)/b20-9-. The number of aldehydes is 1. The first kappa shape index (κ1) is 18.1. The average molecular weight is 396 g/mol. The summed E-state index contributed by atoms with van der Waals surface area (Å²) in [6.07, 6.45) is 6.86. The molecule has 0 spiro atoms. The van der Waals surface area contributed by atoms with Gasteiger partial charge in [-0.25, -0.2) is 4.98 Å². The van der Waals surface area contributed by atoms with Gasteiger partial charge < -0.3 is 4.57 Å². The number of aromatic nitrogens is 6. The molecule has 0 aliphatic rings. The highest BCUT2D eigenvalue weighted by Crippen LogP contribution is 2.30. The van der Waals surface area contributed by atoms with Crippen molar-refractivity contribution < 1.29 is 4.79 Å². The molecule has 0 aromatic carbocycles. The SMILES string of the molecule is CN(Cc1ccn[nH]1)/N=C\c1c(C=O)n(C)c2nc(Cc3ccn(C)n3)sc12. The number of rotatable bonds is 7. The molecule has 4 heterocycles. The van der Waals surface area contributed by atoms with E-state index in [9.17, 15) is 4.79 Å². The molecule has 0 aliphatic carbocycles. The highest BCUT2D eigenvalue weighted by atomic mass is 32.1. The smallest absolute Gasteiger partial charge is 0.167 e. The van der Waals surface area contributed by atoms with Crippen LogP contribution in [0.25, 0.3) is 10.3 Å². The number of aryl methyl sites for hydroxylation is 2. The van der Waals surface area contributed by atoms with E-state index in [0.717, 1.165) is 38.6 Å². The van der Waals surface area contributed by atoms with Crippen molar-refractivity contribution in [3.63, 3.8) is 0 Å². The van der Waals surface area contributed by atoms with E-state index in [1.54, 1.807) is 33.4 Å².